The molecule has 1 aromatic rings. The lowest BCUT2D eigenvalue weighted by Crippen LogP contribution is -2.29. The Morgan fingerprint density at radius 2 is 1.84 bits per heavy atom. The summed E-state index contributed by atoms with van der Waals surface area (Å²) in [5.41, 5.74) is 3.87. The molecule has 1 aliphatic heterocycles. The minimum Gasteiger partial charge on any atom is -0.282 e. The standard InChI is InChI=1S/C16H19N3/c1-2-4-13(5-3-1)12-14-6-8-15(9-7-14)19-16-17-10-11-18-16/h1-8,16-18H,9-12H2/b19-15-. The van der Waals surface area contributed by atoms with Crippen molar-refractivity contribution in [1.82, 2.24) is 10.6 Å². The van der Waals surface area contributed by atoms with Gasteiger partial charge in [0.15, 0.2) is 6.29 Å². The van der Waals surface area contributed by atoms with E-state index in [1.165, 1.54) is 11.1 Å². The zero-order valence-electron chi connectivity index (χ0n) is 11.0. The van der Waals surface area contributed by atoms with E-state index in [1.54, 1.807) is 0 Å². The molecule has 2 aliphatic rings. The fourth-order valence-corrected chi connectivity index (χ4v) is 2.38. The zero-order valence-corrected chi connectivity index (χ0v) is 11.0. The second kappa shape index (κ2) is 5.95. The highest BCUT2D eigenvalue weighted by molar-refractivity contribution is 5.97. The van der Waals surface area contributed by atoms with E-state index in [1.807, 2.05) is 0 Å². The maximum Gasteiger partial charge on any atom is 0.153 e. The molecule has 1 heterocycles. The number of hydrogen-bond acceptors (Lipinski definition) is 3. The molecule has 98 valence electrons. The molecule has 3 heteroatoms. The van der Waals surface area contributed by atoms with Gasteiger partial charge in [-0.15, -0.1) is 0 Å². The van der Waals surface area contributed by atoms with E-state index < -0.39 is 0 Å². The van der Waals surface area contributed by atoms with E-state index in [0.717, 1.165) is 31.6 Å². The molecular weight excluding hydrogens is 234 g/mol. The van der Waals surface area contributed by atoms with Crippen LogP contribution in [0.25, 0.3) is 0 Å². The highest BCUT2D eigenvalue weighted by atomic mass is 15.3. The number of rotatable bonds is 3. The van der Waals surface area contributed by atoms with Gasteiger partial charge in [-0.2, -0.15) is 0 Å². The predicted octanol–water partition coefficient (Wildman–Crippen LogP) is 2.03. The lowest BCUT2D eigenvalue weighted by Gasteiger charge is -2.11. The Hall–Kier alpha value is -1.71. The Bertz CT molecular complexity index is 508. The number of nitrogens with one attached hydrogen (secondary N) is 2. The largest absolute Gasteiger partial charge is 0.282 e. The molecule has 0 spiro atoms. The van der Waals surface area contributed by atoms with Gasteiger partial charge in [-0.25, -0.2) is 0 Å². The van der Waals surface area contributed by atoms with Crippen LogP contribution in [0.5, 0.6) is 0 Å². The second-order valence-corrected chi connectivity index (χ2v) is 4.91. The molecular formula is C16H19N3. The molecule has 0 bridgehead atoms. The normalized spacial score (nSPS) is 21.9. The first-order valence-electron chi connectivity index (χ1n) is 6.85. The van der Waals surface area contributed by atoms with Gasteiger partial charge in [-0.05, 0) is 23.6 Å². The first-order valence-corrected chi connectivity index (χ1v) is 6.85. The first-order chi connectivity index (χ1) is 9.40. The van der Waals surface area contributed by atoms with E-state index in [4.69, 9.17) is 0 Å². The van der Waals surface area contributed by atoms with Crippen molar-refractivity contribution in [2.45, 2.75) is 19.1 Å². The molecule has 0 radical (unpaired) electrons. The maximum atomic E-state index is 4.64. The monoisotopic (exact) mass is 253 g/mol. The van der Waals surface area contributed by atoms with Crippen molar-refractivity contribution in [3.8, 4) is 0 Å². The summed E-state index contributed by atoms with van der Waals surface area (Å²) in [6.45, 7) is 2.00. The fourth-order valence-electron chi connectivity index (χ4n) is 2.38. The summed E-state index contributed by atoms with van der Waals surface area (Å²) in [5, 5.41) is 6.60. The molecule has 0 atom stereocenters. The van der Waals surface area contributed by atoms with Gasteiger partial charge in [0.1, 0.15) is 0 Å². The van der Waals surface area contributed by atoms with Gasteiger partial charge in [0.25, 0.3) is 0 Å². The van der Waals surface area contributed by atoms with E-state index in [0.29, 0.717) is 0 Å². The average Bonchev–Trinajstić information content (AvgIpc) is 2.95. The minimum absolute atomic E-state index is 0.101. The highest BCUT2D eigenvalue weighted by Crippen LogP contribution is 2.14. The number of hydrogen-bond donors (Lipinski definition) is 2. The number of aliphatic imine (C=N–C) groups is 1. The van der Waals surface area contributed by atoms with Crippen LogP contribution in [0.3, 0.4) is 0 Å². The predicted molar refractivity (Wildman–Crippen MR) is 79.2 cm³/mol. The lowest BCUT2D eigenvalue weighted by molar-refractivity contribution is 0.580. The van der Waals surface area contributed by atoms with Crippen LogP contribution in [0.4, 0.5) is 0 Å². The average molecular weight is 253 g/mol. The van der Waals surface area contributed by atoms with Crippen LogP contribution in [0, 0.1) is 0 Å². The van der Waals surface area contributed by atoms with Crippen molar-refractivity contribution in [3.63, 3.8) is 0 Å². The van der Waals surface area contributed by atoms with Gasteiger partial charge in [0.05, 0.1) is 0 Å². The maximum absolute atomic E-state index is 4.64. The van der Waals surface area contributed by atoms with Gasteiger partial charge in [0, 0.05) is 25.2 Å². The summed E-state index contributed by atoms with van der Waals surface area (Å²) in [7, 11) is 0. The molecule has 0 amide bonds. The minimum atomic E-state index is 0.101. The summed E-state index contributed by atoms with van der Waals surface area (Å²) in [5.74, 6) is 0. The van der Waals surface area contributed by atoms with Gasteiger partial charge in [0.2, 0.25) is 0 Å². The first kappa shape index (κ1) is 12.3. The highest BCUT2D eigenvalue weighted by Gasteiger charge is 2.12. The van der Waals surface area contributed by atoms with Crippen molar-refractivity contribution in [1.29, 1.82) is 0 Å². The Kier molecular flexibility index (Phi) is 3.86. The third-order valence-electron chi connectivity index (χ3n) is 3.41. The van der Waals surface area contributed by atoms with Crippen LogP contribution in [0.15, 0.2) is 59.1 Å². The van der Waals surface area contributed by atoms with Gasteiger partial charge < -0.3 is 0 Å². The van der Waals surface area contributed by atoms with Crippen LogP contribution < -0.4 is 10.6 Å². The van der Waals surface area contributed by atoms with Crippen molar-refractivity contribution in [2.24, 2.45) is 4.99 Å². The number of nitrogens with zero attached hydrogens (tertiary/aromatic N) is 1. The van der Waals surface area contributed by atoms with Crippen molar-refractivity contribution in [2.75, 3.05) is 13.1 Å². The molecule has 19 heavy (non-hydrogen) atoms. The molecule has 0 saturated carbocycles. The van der Waals surface area contributed by atoms with Gasteiger partial charge in [-0.3, -0.25) is 15.6 Å². The smallest absolute Gasteiger partial charge is 0.153 e. The lowest BCUT2D eigenvalue weighted by atomic mass is 9.99. The Morgan fingerprint density at radius 3 is 2.53 bits per heavy atom. The summed E-state index contributed by atoms with van der Waals surface area (Å²) < 4.78 is 0. The molecule has 1 aliphatic carbocycles. The number of benzene rings is 1. The molecule has 3 rings (SSSR count). The molecule has 0 unspecified atom stereocenters. The number of allylic oxidation sites excluding steroid dienone is 4. The topological polar surface area (TPSA) is 36.4 Å². The van der Waals surface area contributed by atoms with Crippen LogP contribution in [-0.2, 0) is 6.42 Å². The van der Waals surface area contributed by atoms with Gasteiger partial charge in [-0.1, -0.05) is 42.5 Å². The van der Waals surface area contributed by atoms with Crippen LogP contribution in [0.1, 0.15) is 12.0 Å². The Balaban J connectivity index is 1.60. The van der Waals surface area contributed by atoms with Gasteiger partial charge >= 0.3 is 0 Å². The fraction of sp³-hybridized carbons (Fsp3) is 0.312. The van der Waals surface area contributed by atoms with Crippen molar-refractivity contribution < 1.29 is 0 Å². The van der Waals surface area contributed by atoms with Crippen molar-refractivity contribution in [3.05, 3.63) is 59.7 Å². The Morgan fingerprint density at radius 1 is 1.05 bits per heavy atom. The molecule has 1 saturated heterocycles. The summed E-state index contributed by atoms with van der Waals surface area (Å²) in [6.07, 6.45) is 8.64. The quantitative estimate of drug-likeness (QED) is 0.865. The second-order valence-electron chi connectivity index (χ2n) is 4.91. The third kappa shape index (κ3) is 3.40. The van der Waals surface area contributed by atoms with E-state index in [9.17, 15) is 0 Å². The van der Waals surface area contributed by atoms with Crippen LogP contribution >= 0.6 is 0 Å². The van der Waals surface area contributed by atoms with Crippen molar-refractivity contribution >= 4 is 5.71 Å². The van der Waals surface area contributed by atoms with Crippen LogP contribution in [-0.4, -0.2) is 25.1 Å². The molecule has 2 N–H and O–H groups in total. The molecule has 3 nitrogen and oxygen atoms in total. The van der Waals surface area contributed by atoms with Crippen LogP contribution in [0.2, 0.25) is 0 Å². The summed E-state index contributed by atoms with van der Waals surface area (Å²) in [4.78, 5) is 4.64. The molecule has 1 fully saturated rings. The molecule has 0 aromatic heterocycles. The van der Waals surface area contributed by atoms with E-state index >= 15 is 0 Å². The third-order valence-corrected chi connectivity index (χ3v) is 3.41. The molecule has 1 aromatic carbocycles. The SMILES string of the molecule is C1=C/C(=N/C2NCCN2)CC=C1Cc1ccccc1. The van der Waals surface area contributed by atoms with E-state index in [2.05, 4.69) is 64.2 Å². The summed E-state index contributed by atoms with van der Waals surface area (Å²) >= 11 is 0. The van der Waals surface area contributed by atoms with E-state index in [-0.39, 0.29) is 6.29 Å². The summed E-state index contributed by atoms with van der Waals surface area (Å²) in [6, 6.07) is 10.6. The zero-order chi connectivity index (χ0) is 12.9. The Labute approximate surface area is 114 Å².